The molecule has 0 fully saturated rings. The van der Waals surface area contributed by atoms with E-state index in [1.807, 2.05) is 6.92 Å². The minimum Gasteiger partial charge on any atom is -0.333 e. The summed E-state index contributed by atoms with van der Waals surface area (Å²) in [5, 5.41) is 7.30. The van der Waals surface area contributed by atoms with Crippen molar-refractivity contribution in [3.05, 3.63) is 69.9 Å². The van der Waals surface area contributed by atoms with Crippen molar-refractivity contribution < 1.29 is 22.8 Å². The number of halogens is 3. The van der Waals surface area contributed by atoms with Gasteiger partial charge in [0.1, 0.15) is 0 Å². The summed E-state index contributed by atoms with van der Waals surface area (Å²) < 4.78 is 41.4. The van der Waals surface area contributed by atoms with Crippen LogP contribution in [0.1, 0.15) is 19.0 Å². The summed E-state index contributed by atoms with van der Waals surface area (Å²) in [6.45, 7) is 1.62. The third-order valence-electron chi connectivity index (χ3n) is 4.84. The average Bonchev–Trinajstić information content (AvgIpc) is 2.77. The molecule has 2 amide bonds. The SMILES string of the molecule is CCCN(CC(=O)Nc1ccc(F)c(F)c1F)C(=O)Cc1nn(C)c(=O)c2ccccc12. The molecule has 3 aromatic rings. The Bertz CT molecular complexity index is 1240. The molecule has 1 aromatic heterocycles. The number of carbonyl (C=O) groups excluding carboxylic acids is 2. The second-order valence-corrected chi connectivity index (χ2v) is 7.18. The van der Waals surface area contributed by atoms with Crippen LogP contribution in [-0.2, 0) is 23.1 Å². The van der Waals surface area contributed by atoms with E-state index in [9.17, 15) is 27.6 Å². The third kappa shape index (κ3) is 4.79. The van der Waals surface area contributed by atoms with E-state index >= 15 is 0 Å². The highest BCUT2D eigenvalue weighted by atomic mass is 19.2. The molecule has 0 atom stereocenters. The number of nitrogens with zero attached hydrogens (tertiary/aromatic N) is 3. The first-order chi connectivity index (χ1) is 15.2. The van der Waals surface area contributed by atoms with Gasteiger partial charge in [0.2, 0.25) is 11.8 Å². The number of hydrogen-bond donors (Lipinski definition) is 1. The number of fused-ring (bicyclic) bond motifs is 1. The summed E-state index contributed by atoms with van der Waals surface area (Å²) >= 11 is 0. The Morgan fingerprint density at radius 2 is 1.75 bits per heavy atom. The van der Waals surface area contributed by atoms with E-state index in [0.29, 0.717) is 29.0 Å². The third-order valence-corrected chi connectivity index (χ3v) is 4.84. The predicted octanol–water partition coefficient (Wildman–Crippen LogP) is 2.77. The lowest BCUT2D eigenvalue weighted by Gasteiger charge is -2.22. The molecule has 0 saturated carbocycles. The number of aromatic nitrogens is 2. The number of aryl methyl sites for hydroxylation is 1. The van der Waals surface area contributed by atoms with Gasteiger partial charge >= 0.3 is 0 Å². The molecule has 7 nitrogen and oxygen atoms in total. The van der Waals surface area contributed by atoms with E-state index < -0.39 is 41.5 Å². The first kappa shape index (κ1) is 23.0. The van der Waals surface area contributed by atoms with Crippen LogP contribution in [0.25, 0.3) is 10.8 Å². The number of amides is 2. The fourth-order valence-corrected chi connectivity index (χ4v) is 3.31. The van der Waals surface area contributed by atoms with E-state index in [-0.39, 0.29) is 18.5 Å². The van der Waals surface area contributed by atoms with Crippen molar-refractivity contribution in [1.29, 1.82) is 0 Å². The Hall–Kier alpha value is -3.69. The van der Waals surface area contributed by atoms with Crippen LogP contribution >= 0.6 is 0 Å². The van der Waals surface area contributed by atoms with Crippen LogP contribution in [0, 0.1) is 17.5 Å². The summed E-state index contributed by atoms with van der Waals surface area (Å²) in [6.07, 6.45) is 0.376. The number of rotatable bonds is 7. The molecular weight excluding hydrogens is 425 g/mol. The second kappa shape index (κ2) is 9.63. The lowest BCUT2D eigenvalue weighted by atomic mass is 10.1. The van der Waals surface area contributed by atoms with Gasteiger partial charge in [0, 0.05) is 19.0 Å². The van der Waals surface area contributed by atoms with E-state index in [1.165, 1.54) is 11.9 Å². The smallest absolute Gasteiger partial charge is 0.274 e. The molecule has 32 heavy (non-hydrogen) atoms. The van der Waals surface area contributed by atoms with Crippen LogP contribution in [-0.4, -0.2) is 39.6 Å². The van der Waals surface area contributed by atoms with E-state index in [1.54, 1.807) is 24.3 Å². The monoisotopic (exact) mass is 446 g/mol. The highest BCUT2D eigenvalue weighted by Crippen LogP contribution is 2.20. The largest absolute Gasteiger partial charge is 0.333 e. The van der Waals surface area contributed by atoms with Gasteiger partial charge in [-0.1, -0.05) is 25.1 Å². The van der Waals surface area contributed by atoms with Crippen molar-refractivity contribution in [1.82, 2.24) is 14.7 Å². The summed E-state index contributed by atoms with van der Waals surface area (Å²) in [5.74, 6) is -5.79. The van der Waals surface area contributed by atoms with Gasteiger partial charge in [0.25, 0.3) is 5.56 Å². The molecule has 0 bridgehead atoms. The van der Waals surface area contributed by atoms with Gasteiger partial charge in [-0.15, -0.1) is 0 Å². The second-order valence-electron chi connectivity index (χ2n) is 7.18. The first-order valence-electron chi connectivity index (χ1n) is 9.89. The summed E-state index contributed by atoms with van der Waals surface area (Å²) in [5.41, 5.74) is -0.445. The van der Waals surface area contributed by atoms with E-state index in [4.69, 9.17) is 0 Å². The zero-order valence-corrected chi connectivity index (χ0v) is 17.5. The molecule has 0 aliphatic carbocycles. The van der Waals surface area contributed by atoms with Crippen LogP contribution in [0.4, 0.5) is 18.9 Å². The molecule has 0 saturated heterocycles. The van der Waals surface area contributed by atoms with Crippen LogP contribution in [0.15, 0.2) is 41.2 Å². The number of hydrogen-bond acceptors (Lipinski definition) is 4. The molecule has 1 N–H and O–H groups in total. The van der Waals surface area contributed by atoms with Crippen molar-refractivity contribution in [2.24, 2.45) is 7.05 Å². The van der Waals surface area contributed by atoms with Gasteiger partial charge in [-0.2, -0.15) is 5.10 Å². The molecule has 168 valence electrons. The zero-order valence-electron chi connectivity index (χ0n) is 17.5. The predicted molar refractivity (Wildman–Crippen MR) is 113 cm³/mol. The number of benzene rings is 2. The molecule has 0 unspecified atom stereocenters. The average molecular weight is 446 g/mol. The van der Waals surface area contributed by atoms with Crippen molar-refractivity contribution in [2.75, 3.05) is 18.4 Å². The standard InChI is InChI=1S/C22H21F3N4O3/c1-3-10-29(12-18(30)26-16-9-8-15(23)20(24)21(16)25)19(31)11-17-13-6-4-5-7-14(13)22(32)28(2)27-17/h4-9H,3,10-12H2,1-2H3,(H,26,30). The van der Waals surface area contributed by atoms with Crippen LogP contribution < -0.4 is 10.9 Å². The number of carbonyl (C=O) groups is 2. The Morgan fingerprint density at radius 3 is 2.44 bits per heavy atom. The van der Waals surface area contributed by atoms with Gasteiger partial charge in [-0.3, -0.25) is 14.4 Å². The molecule has 1 heterocycles. The van der Waals surface area contributed by atoms with Crippen LogP contribution in [0.5, 0.6) is 0 Å². The highest BCUT2D eigenvalue weighted by Gasteiger charge is 2.21. The molecule has 10 heteroatoms. The number of anilines is 1. The minimum atomic E-state index is -1.70. The van der Waals surface area contributed by atoms with Gasteiger partial charge in [-0.05, 0) is 24.6 Å². The van der Waals surface area contributed by atoms with Crippen molar-refractivity contribution in [3.8, 4) is 0 Å². The molecule has 0 radical (unpaired) electrons. The highest BCUT2D eigenvalue weighted by molar-refractivity contribution is 5.95. The van der Waals surface area contributed by atoms with Crippen LogP contribution in [0.3, 0.4) is 0 Å². The Kier molecular flexibility index (Phi) is 6.92. The Morgan fingerprint density at radius 1 is 1.06 bits per heavy atom. The lowest BCUT2D eigenvalue weighted by Crippen LogP contribution is -2.40. The quantitative estimate of drug-likeness (QED) is 0.566. The summed E-state index contributed by atoms with van der Waals surface area (Å²) in [7, 11) is 1.48. The molecule has 0 aliphatic rings. The molecule has 0 spiro atoms. The van der Waals surface area contributed by atoms with Crippen LogP contribution in [0.2, 0.25) is 0 Å². The van der Waals surface area contributed by atoms with Gasteiger partial charge in [0.05, 0.1) is 29.7 Å². The van der Waals surface area contributed by atoms with Crippen molar-refractivity contribution >= 4 is 28.3 Å². The first-order valence-corrected chi connectivity index (χ1v) is 9.89. The van der Waals surface area contributed by atoms with Gasteiger partial charge < -0.3 is 10.2 Å². The molecule has 0 aliphatic heterocycles. The maximum Gasteiger partial charge on any atom is 0.274 e. The molecular formula is C22H21F3N4O3. The zero-order chi connectivity index (χ0) is 23.4. The summed E-state index contributed by atoms with van der Waals surface area (Å²) in [4.78, 5) is 38.8. The molecule has 2 aromatic carbocycles. The summed E-state index contributed by atoms with van der Waals surface area (Å²) in [6, 6.07) is 8.36. The lowest BCUT2D eigenvalue weighted by molar-refractivity contribution is -0.134. The minimum absolute atomic E-state index is 0.165. The normalized spacial score (nSPS) is 10.9. The Labute approximate surface area is 181 Å². The van der Waals surface area contributed by atoms with E-state index in [2.05, 4.69) is 10.4 Å². The fraction of sp³-hybridized carbons (Fsp3) is 0.273. The van der Waals surface area contributed by atoms with Gasteiger partial charge in [-0.25, -0.2) is 17.9 Å². The fourth-order valence-electron chi connectivity index (χ4n) is 3.31. The van der Waals surface area contributed by atoms with Crippen molar-refractivity contribution in [2.45, 2.75) is 19.8 Å². The Balaban J connectivity index is 1.79. The topological polar surface area (TPSA) is 84.3 Å². The maximum atomic E-state index is 13.8. The van der Waals surface area contributed by atoms with E-state index in [0.717, 1.165) is 10.7 Å². The maximum absolute atomic E-state index is 13.8. The molecule has 3 rings (SSSR count). The van der Waals surface area contributed by atoms with Crippen molar-refractivity contribution in [3.63, 3.8) is 0 Å². The number of nitrogens with one attached hydrogen (secondary N) is 1. The van der Waals surface area contributed by atoms with Gasteiger partial charge in [0.15, 0.2) is 17.5 Å².